The fraction of sp³-hybridized carbons (Fsp3) is 0.562. The molecule has 1 aromatic carbocycles. The van der Waals surface area contributed by atoms with Crippen molar-refractivity contribution in [2.75, 3.05) is 14.2 Å². The van der Waals surface area contributed by atoms with Crippen LogP contribution in [0.5, 0.6) is 11.5 Å². The third kappa shape index (κ3) is 3.88. The number of hydrogen-bond acceptors (Lipinski definition) is 4. The van der Waals surface area contributed by atoms with E-state index in [0.29, 0.717) is 12.3 Å². The normalized spacial score (nSPS) is 21.9. The van der Waals surface area contributed by atoms with Gasteiger partial charge in [0.15, 0.2) is 11.5 Å². The van der Waals surface area contributed by atoms with Crippen molar-refractivity contribution in [3.63, 3.8) is 0 Å². The Bertz CT molecular complexity index is 496. The van der Waals surface area contributed by atoms with E-state index in [9.17, 15) is 9.90 Å². The van der Waals surface area contributed by atoms with Crippen molar-refractivity contribution in [3.05, 3.63) is 23.8 Å². The number of phenolic OH excluding ortho intramolecular Hbond substituents is 1. The summed E-state index contributed by atoms with van der Waals surface area (Å²) in [5.74, 6) is 0.802. The Balaban J connectivity index is 1.97. The maximum Gasteiger partial charge on any atom is 0.225 e. The monoisotopic (exact) mass is 292 g/mol. The van der Waals surface area contributed by atoms with Gasteiger partial charge in [-0.15, -0.1) is 0 Å². The van der Waals surface area contributed by atoms with Crippen LogP contribution in [0.15, 0.2) is 18.2 Å². The number of rotatable bonds is 4. The van der Waals surface area contributed by atoms with Crippen molar-refractivity contribution in [2.45, 2.75) is 38.3 Å². The molecule has 5 heteroatoms. The summed E-state index contributed by atoms with van der Waals surface area (Å²) in [6.45, 7) is 0.512. The molecule has 1 aliphatic carbocycles. The largest absolute Gasteiger partial charge is 0.504 e. The van der Waals surface area contributed by atoms with E-state index in [-0.39, 0.29) is 23.6 Å². The number of nitrogens with zero attached hydrogens (tertiary/aromatic N) is 1. The van der Waals surface area contributed by atoms with Crippen LogP contribution in [-0.4, -0.2) is 36.1 Å². The highest BCUT2D eigenvalue weighted by Crippen LogP contribution is 2.28. The van der Waals surface area contributed by atoms with Crippen LogP contribution >= 0.6 is 0 Å². The van der Waals surface area contributed by atoms with E-state index >= 15 is 0 Å². The van der Waals surface area contributed by atoms with Crippen molar-refractivity contribution in [2.24, 2.45) is 11.7 Å². The Kier molecular flexibility index (Phi) is 5.07. The molecule has 1 amide bonds. The first kappa shape index (κ1) is 15.6. The van der Waals surface area contributed by atoms with Crippen LogP contribution in [0.2, 0.25) is 0 Å². The minimum Gasteiger partial charge on any atom is -0.504 e. The second-order valence-corrected chi connectivity index (χ2v) is 5.81. The lowest BCUT2D eigenvalue weighted by atomic mass is 9.85. The van der Waals surface area contributed by atoms with Gasteiger partial charge in [0, 0.05) is 25.6 Å². The maximum atomic E-state index is 12.4. The molecule has 0 unspecified atom stereocenters. The van der Waals surface area contributed by atoms with Crippen molar-refractivity contribution < 1.29 is 14.6 Å². The highest BCUT2D eigenvalue weighted by molar-refractivity contribution is 5.78. The number of phenols is 1. The number of ether oxygens (including phenoxy) is 1. The van der Waals surface area contributed by atoms with Gasteiger partial charge in [-0.2, -0.15) is 0 Å². The van der Waals surface area contributed by atoms with Crippen molar-refractivity contribution in [3.8, 4) is 11.5 Å². The molecule has 0 aromatic heterocycles. The van der Waals surface area contributed by atoms with Gasteiger partial charge in [0.05, 0.1) is 7.11 Å². The van der Waals surface area contributed by atoms with Crippen LogP contribution < -0.4 is 10.5 Å². The SMILES string of the molecule is COc1cc(CN(C)C(=O)C2CCC(N)CC2)ccc1O. The van der Waals surface area contributed by atoms with Gasteiger partial charge in [-0.3, -0.25) is 4.79 Å². The Labute approximate surface area is 125 Å². The van der Waals surface area contributed by atoms with Crippen molar-refractivity contribution in [1.82, 2.24) is 4.90 Å². The average Bonchev–Trinajstić information content (AvgIpc) is 2.49. The summed E-state index contributed by atoms with van der Waals surface area (Å²) in [5, 5.41) is 9.59. The smallest absolute Gasteiger partial charge is 0.225 e. The first-order valence-corrected chi connectivity index (χ1v) is 7.37. The van der Waals surface area contributed by atoms with Gasteiger partial charge >= 0.3 is 0 Å². The second kappa shape index (κ2) is 6.80. The van der Waals surface area contributed by atoms with Crippen LogP contribution in [0, 0.1) is 5.92 Å². The molecule has 0 atom stereocenters. The Hall–Kier alpha value is -1.75. The predicted octanol–water partition coefficient (Wildman–Crippen LogP) is 1.88. The highest BCUT2D eigenvalue weighted by atomic mass is 16.5. The predicted molar refractivity (Wildman–Crippen MR) is 81.1 cm³/mol. The molecule has 0 bridgehead atoms. The summed E-state index contributed by atoms with van der Waals surface area (Å²) in [5.41, 5.74) is 6.82. The summed E-state index contributed by atoms with van der Waals surface area (Å²) in [6, 6.07) is 5.40. The minimum atomic E-state index is 0.0915. The lowest BCUT2D eigenvalue weighted by Gasteiger charge is -2.29. The van der Waals surface area contributed by atoms with Gasteiger partial charge in [-0.05, 0) is 43.4 Å². The number of methoxy groups -OCH3 is 1. The maximum absolute atomic E-state index is 12.4. The molecule has 3 N–H and O–H groups in total. The van der Waals surface area contributed by atoms with Crippen LogP contribution in [0.1, 0.15) is 31.2 Å². The Morgan fingerprint density at radius 3 is 2.67 bits per heavy atom. The average molecular weight is 292 g/mol. The molecular weight excluding hydrogens is 268 g/mol. The van der Waals surface area contributed by atoms with E-state index in [1.807, 2.05) is 7.05 Å². The molecule has 116 valence electrons. The number of benzene rings is 1. The van der Waals surface area contributed by atoms with Crippen molar-refractivity contribution in [1.29, 1.82) is 0 Å². The molecule has 1 fully saturated rings. The third-order valence-corrected chi connectivity index (χ3v) is 4.16. The van der Waals surface area contributed by atoms with Crippen LogP contribution in [0.25, 0.3) is 0 Å². The molecule has 2 rings (SSSR count). The fourth-order valence-electron chi connectivity index (χ4n) is 2.85. The highest BCUT2D eigenvalue weighted by Gasteiger charge is 2.26. The van der Waals surface area contributed by atoms with E-state index in [1.54, 1.807) is 23.1 Å². The summed E-state index contributed by atoms with van der Waals surface area (Å²) in [7, 11) is 3.33. The van der Waals surface area contributed by atoms with E-state index in [0.717, 1.165) is 31.2 Å². The van der Waals surface area contributed by atoms with E-state index in [4.69, 9.17) is 10.5 Å². The van der Waals surface area contributed by atoms with E-state index < -0.39 is 0 Å². The van der Waals surface area contributed by atoms with E-state index in [2.05, 4.69) is 0 Å². The molecule has 0 spiro atoms. The Morgan fingerprint density at radius 1 is 1.38 bits per heavy atom. The molecule has 0 saturated heterocycles. The standard InChI is InChI=1S/C16H24N2O3/c1-18(16(20)12-4-6-13(17)7-5-12)10-11-3-8-14(19)15(9-11)21-2/h3,8-9,12-13,19H,4-7,10,17H2,1-2H3. The molecule has 0 heterocycles. The van der Waals surface area contributed by atoms with Crippen molar-refractivity contribution >= 4 is 5.91 Å². The van der Waals surface area contributed by atoms with Gasteiger partial charge in [-0.25, -0.2) is 0 Å². The first-order valence-electron chi connectivity index (χ1n) is 7.37. The lowest BCUT2D eigenvalue weighted by molar-refractivity contribution is -0.135. The van der Waals surface area contributed by atoms with Gasteiger partial charge in [-0.1, -0.05) is 6.07 Å². The zero-order valence-corrected chi connectivity index (χ0v) is 12.7. The quantitative estimate of drug-likeness (QED) is 0.888. The van der Waals surface area contributed by atoms with E-state index in [1.165, 1.54) is 7.11 Å². The summed E-state index contributed by atoms with van der Waals surface area (Å²) in [4.78, 5) is 14.2. The molecule has 21 heavy (non-hydrogen) atoms. The van der Waals surface area contributed by atoms with Gasteiger partial charge < -0.3 is 20.5 Å². The second-order valence-electron chi connectivity index (χ2n) is 5.81. The third-order valence-electron chi connectivity index (χ3n) is 4.16. The van der Waals surface area contributed by atoms with Gasteiger partial charge in [0.2, 0.25) is 5.91 Å². The lowest BCUT2D eigenvalue weighted by Crippen LogP contribution is -2.37. The molecule has 0 aliphatic heterocycles. The number of aromatic hydroxyl groups is 1. The zero-order chi connectivity index (χ0) is 15.4. The topological polar surface area (TPSA) is 75.8 Å². The van der Waals surface area contributed by atoms with Gasteiger partial charge in [0.1, 0.15) is 0 Å². The van der Waals surface area contributed by atoms with Crippen LogP contribution in [0.3, 0.4) is 0 Å². The fourth-order valence-corrected chi connectivity index (χ4v) is 2.85. The number of nitrogens with two attached hydrogens (primary N) is 1. The molecular formula is C16H24N2O3. The number of carbonyl (C=O) groups is 1. The molecule has 0 radical (unpaired) electrons. The first-order chi connectivity index (χ1) is 10.0. The molecule has 1 aliphatic rings. The number of carbonyl (C=O) groups excluding carboxylic acids is 1. The molecule has 1 aromatic rings. The molecule has 1 saturated carbocycles. The summed E-state index contributed by atoms with van der Waals surface area (Å²) >= 11 is 0. The number of hydrogen-bond donors (Lipinski definition) is 2. The van der Waals surface area contributed by atoms with Crippen LogP contribution in [-0.2, 0) is 11.3 Å². The number of amides is 1. The Morgan fingerprint density at radius 2 is 2.05 bits per heavy atom. The van der Waals surface area contributed by atoms with Gasteiger partial charge in [0.25, 0.3) is 0 Å². The van der Waals surface area contributed by atoms with Crippen LogP contribution in [0.4, 0.5) is 0 Å². The summed E-state index contributed by atoms with van der Waals surface area (Å²) in [6.07, 6.45) is 3.61. The summed E-state index contributed by atoms with van der Waals surface area (Å²) < 4.78 is 5.09. The molecule has 5 nitrogen and oxygen atoms in total. The minimum absolute atomic E-state index is 0.0915. The zero-order valence-electron chi connectivity index (χ0n) is 12.7.